The molecule has 45 heavy (non-hydrogen) atoms. The smallest absolute Gasteiger partial charge is 0.252 e. The van der Waals surface area contributed by atoms with Gasteiger partial charge in [0.1, 0.15) is 11.8 Å². The zero-order chi connectivity index (χ0) is 33.5. The number of benzene rings is 2. The summed E-state index contributed by atoms with van der Waals surface area (Å²) in [6, 6.07) is 11.3. The topological polar surface area (TPSA) is 218 Å². The van der Waals surface area contributed by atoms with Crippen molar-refractivity contribution in [3.8, 4) is 0 Å². The molecule has 3 amide bonds. The molecule has 4 atom stereocenters. The molecule has 0 spiro atoms. The van der Waals surface area contributed by atoms with Crippen LogP contribution in [0.25, 0.3) is 0 Å². The largest absolute Gasteiger partial charge is 0.390 e. The number of thiazole rings is 1. The molecule has 1 heterocycles. The van der Waals surface area contributed by atoms with E-state index in [9.17, 15) is 37.8 Å². The number of primary amides is 1. The maximum Gasteiger partial charge on any atom is 0.252 e. The van der Waals surface area contributed by atoms with Crippen molar-refractivity contribution in [2.45, 2.75) is 45.4 Å². The van der Waals surface area contributed by atoms with Gasteiger partial charge in [-0.15, -0.1) is 11.3 Å². The molecule has 242 valence electrons. The van der Waals surface area contributed by atoms with E-state index < -0.39 is 57.7 Å². The van der Waals surface area contributed by atoms with Crippen molar-refractivity contribution in [1.82, 2.24) is 15.6 Å². The monoisotopic (exact) mass is 659 g/mol. The Hall–Kier alpha value is -4.18. The molecule has 7 N–H and O–H groups in total. The summed E-state index contributed by atoms with van der Waals surface area (Å²) in [5.74, 6) is -3.83. The number of sulfonamides is 1. The first-order valence-electron chi connectivity index (χ1n) is 14.0. The van der Waals surface area contributed by atoms with E-state index in [4.69, 9.17) is 5.73 Å². The maximum atomic E-state index is 13.7. The summed E-state index contributed by atoms with van der Waals surface area (Å²) in [4.78, 5) is 55.7. The molecule has 0 aliphatic heterocycles. The Morgan fingerprint density at radius 3 is 2.24 bits per heavy atom. The third kappa shape index (κ3) is 9.91. The molecule has 0 fully saturated rings. The highest BCUT2D eigenvalue weighted by atomic mass is 32.2. The average Bonchev–Trinajstić information content (AvgIpc) is 3.44. The lowest BCUT2D eigenvalue weighted by Crippen LogP contribution is -2.53. The lowest BCUT2D eigenvalue weighted by atomic mass is 9.90. The molecular formula is C30H37N5O8S2. The number of nitrogens with zero attached hydrogens (tertiary/aromatic N) is 1. The number of nitrogens with one attached hydrogen (secondary N) is 3. The van der Waals surface area contributed by atoms with E-state index in [2.05, 4.69) is 20.3 Å². The summed E-state index contributed by atoms with van der Waals surface area (Å²) in [7, 11) is -3.63. The van der Waals surface area contributed by atoms with Gasteiger partial charge in [0, 0.05) is 17.5 Å². The average molecular weight is 660 g/mol. The lowest BCUT2D eigenvalue weighted by molar-refractivity contribution is -0.131. The van der Waals surface area contributed by atoms with Gasteiger partial charge in [-0.05, 0) is 30.0 Å². The number of rotatable bonds is 15. The highest BCUT2D eigenvalue weighted by molar-refractivity contribution is 7.92. The minimum atomic E-state index is -3.63. The standard InChI is InChI=1S/C30H37N5O8S2/c1-16(2)14-32-28(40)17(3)24(36)26(38)22(12-18-8-6-5-7-9-18)33-29(41)21-13-19(10-11-20(21)27(31)39)25(37)23-15-44-30(34-23)35-45(4,42)43/h5-11,13,15-17,22,24,26,36,38H,12,14H2,1-4H3,(H2,31,39)(H,32,40)(H,33,41)(H,34,35)/t17-,22+,24-,26-/m1/s1. The van der Waals surface area contributed by atoms with Gasteiger partial charge in [-0.3, -0.25) is 23.9 Å². The first kappa shape index (κ1) is 35.3. The van der Waals surface area contributed by atoms with Crippen LogP contribution in [0.4, 0.5) is 5.13 Å². The molecule has 0 unspecified atom stereocenters. The van der Waals surface area contributed by atoms with Crippen LogP contribution in [0.15, 0.2) is 53.9 Å². The third-order valence-electron chi connectivity index (χ3n) is 6.79. The molecule has 3 aromatic rings. The Balaban J connectivity index is 1.92. The van der Waals surface area contributed by atoms with E-state index in [1.54, 1.807) is 30.3 Å². The van der Waals surface area contributed by atoms with Gasteiger partial charge in [-0.25, -0.2) is 13.4 Å². The summed E-state index contributed by atoms with van der Waals surface area (Å²) in [6.45, 7) is 5.65. The molecule has 0 saturated heterocycles. The van der Waals surface area contributed by atoms with Crippen molar-refractivity contribution >= 4 is 50.0 Å². The Morgan fingerprint density at radius 2 is 1.64 bits per heavy atom. The maximum absolute atomic E-state index is 13.7. The molecule has 15 heteroatoms. The van der Waals surface area contributed by atoms with Gasteiger partial charge in [0.15, 0.2) is 5.13 Å². The van der Waals surface area contributed by atoms with Crippen LogP contribution in [0.5, 0.6) is 0 Å². The zero-order valence-electron chi connectivity index (χ0n) is 25.2. The highest BCUT2D eigenvalue weighted by Gasteiger charge is 2.35. The van der Waals surface area contributed by atoms with E-state index in [0.29, 0.717) is 12.1 Å². The second-order valence-corrected chi connectivity index (χ2v) is 13.7. The van der Waals surface area contributed by atoms with Crippen molar-refractivity contribution in [2.75, 3.05) is 17.5 Å². The van der Waals surface area contributed by atoms with Crippen molar-refractivity contribution in [3.05, 3.63) is 81.9 Å². The van der Waals surface area contributed by atoms with E-state index in [0.717, 1.165) is 23.7 Å². The molecule has 1 aromatic heterocycles. The van der Waals surface area contributed by atoms with Crippen molar-refractivity contribution in [1.29, 1.82) is 0 Å². The van der Waals surface area contributed by atoms with Crippen LogP contribution in [0.1, 0.15) is 63.1 Å². The van der Waals surface area contributed by atoms with Gasteiger partial charge in [-0.2, -0.15) is 0 Å². The number of carbonyl (C=O) groups is 4. The molecule has 0 aliphatic carbocycles. The number of aliphatic hydroxyl groups is 2. The van der Waals surface area contributed by atoms with Crippen LogP contribution in [0, 0.1) is 11.8 Å². The number of carbonyl (C=O) groups excluding carboxylic acids is 4. The van der Waals surface area contributed by atoms with Gasteiger partial charge < -0.3 is 26.6 Å². The van der Waals surface area contributed by atoms with Crippen molar-refractivity contribution in [2.24, 2.45) is 17.6 Å². The molecule has 0 saturated carbocycles. The Bertz CT molecular complexity index is 1640. The number of aromatic nitrogens is 1. The van der Waals surface area contributed by atoms with Gasteiger partial charge in [-0.1, -0.05) is 57.2 Å². The van der Waals surface area contributed by atoms with Crippen molar-refractivity contribution < 1.29 is 37.8 Å². The van der Waals surface area contributed by atoms with Gasteiger partial charge in [0.2, 0.25) is 27.6 Å². The normalized spacial score (nSPS) is 14.2. The number of hydrogen-bond acceptors (Lipinski definition) is 10. The number of ketones is 1. The molecule has 2 aromatic carbocycles. The number of amides is 3. The minimum Gasteiger partial charge on any atom is -0.390 e. The summed E-state index contributed by atoms with van der Waals surface area (Å²) in [5.41, 5.74) is 5.59. The molecule has 13 nitrogen and oxygen atoms in total. The number of hydrogen-bond donors (Lipinski definition) is 6. The van der Waals surface area contributed by atoms with E-state index >= 15 is 0 Å². The Labute approximate surface area is 265 Å². The van der Waals surface area contributed by atoms with E-state index in [-0.39, 0.29) is 39.9 Å². The Morgan fingerprint density at radius 1 is 0.978 bits per heavy atom. The first-order chi connectivity index (χ1) is 21.1. The van der Waals surface area contributed by atoms with Crippen molar-refractivity contribution in [3.63, 3.8) is 0 Å². The van der Waals surface area contributed by atoms with E-state index in [1.165, 1.54) is 24.4 Å². The molecule has 3 rings (SSSR count). The molecular weight excluding hydrogens is 622 g/mol. The van der Waals surface area contributed by atoms with Gasteiger partial charge >= 0.3 is 0 Å². The van der Waals surface area contributed by atoms with Crippen LogP contribution in [0.2, 0.25) is 0 Å². The fourth-order valence-corrected chi connectivity index (χ4v) is 5.89. The molecule has 0 radical (unpaired) electrons. The second kappa shape index (κ2) is 15.2. The SMILES string of the molecule is CC(C)CNC(=O)[C@H](C)[C@@H](O)[C@H](O)[C@H](Cc1ccccc1)NC(=O)c1cc(C(=O)c2csc(NS(C)(=O)=O)n2)ccc1C(N)=O. The summed E-state index contributed by atoms with van der Waals surface area (Å²) < 4.78 is 25.2. The fraction of sp³-hybridized carbons (Fsp3) is 0.367. The predicted octanol–water partition coefficient (Wildman–Crippen LogP) is 1.32. The predicted molar refractivity (Wildman–Crippen MR) is 169 cm³/mol. The highest BCUT2D eigenvalue weighted by Crippen LogP contribution is 2.22. The fourth-order valence-electron chi connectivity index (χ4n) is 4.35. The van der Waals surface area contributed by atoms with Crippen LogP contribution >= 0.6 is 11.3 Å². The summed E-state index contributed by atoms with van der Waals surface area (Å²) in [6.07, 6.45) is -2.21. The van der Waals surface area contributed by atoms with Crippen LogP contribution < -0.4 is 21.1 Å². The number of aliphatic hydroxyl groups excluding tert-OH is 2. The summed E-state index contributed by atoms with van der Waals surface area (Å²) >= 11 is 0.886. The van der Waals surface area contributed by atoms with Crippen LogP contribution in [0.3, 0.4) is 0 Å². The van der Waals surface area contributed by atoms with Crippen LogP contribution in [-0.2, 0) is 21.2 Å². The van der Waals surface area contributed by atoms with E-state index in [1.807, 2.05) is 13.8 Å². The molecule has 0 bridgehead atoms. The lowest BCUT2D eigenvalue weighted by Gasteiger charge is -2.31. The number of anilines is 1. The summed E-state index contributed by atoms with van der Waals surface area (Å²) in [5, 5.41) is 28.9. The molecule has 0 aliphatic rings. The Kier molecular flexibility index (Phi) is 11.9. The quantitative estimate of drug-likeness (QED) is 0.129. The zero-order valence-corrected chi connectivity index (χ0v) is 26.8. The second-order valence-electron chi connectivity index (χ2n) is 11.0. The van der Waals surface area contributed by atoms with Crippen LogP contribution in [-0.4, -0.2) is 78.2 Å². The minimum absolute atomic E-state index is 0.0315. The third-order valence-corrected chi connectivity index (χ3v) is 8.24. The first-order valence-corrected chi connectivity index (χ1v) is 16.7. The van der Waals surface area contributed by atoms with Gasteiger partial charge in [0.05, 0.1) is 35.4 Å². The van der Waals surface area contributed by atoms with Gasteiger partial charge in [0.25, 0.3) is 5.91 Å². The number of nitrogens with two attached hydrogens (primary N) is 1.